The van der Waals surface area contributed by atoms with Crippen molar-refractivity contribution in [3.63, 3.8) is 0 Å². The van der Waals surface area contributed by atoms with Crippen LogP contribution < -0.4 is 5.73 Å². The van der Waals surface area contributed by atoms with Crippen molar-refractivity contribution in [2.45, 2.75) is 18.4 Å². The molecule has 1 unspecified atom stereocenters. The zero-order chi connectivity index (χ0) is 13.0. The van der Waals surface area contributed by atoms with E-state index in [0.717, 1.165) is 11.3 Å². The maximum absolute atomic E-state index is 11.1. The maximum Gasteiger partial charge on any atom is 0.321 e. The van der Waals surface area contributed by atoms with Crippen LogP contribution in [0.2, 0.25) is 0 Å². The molecule has 94 valence electrons. The minimum absolute atomic E-state index is 0.313. The molecule has 2 aromatic rings. The molecule has 0 aliphatic rings. The molecule has 0 bridgehead atoms. The van der Waals surface area contributed by atoms with Crippen LogP contribution >= 0.6 is 0 Å². The Morgan fingerprint density at radius 3 is 2.67 bits per heavy atom. The number of H-pyrrole nitrogens is 1. The minimum atomic E-state index is -1.01. The molecule has 4 N–H and O–H groups in total. The highest BCUT2D eigenvalue weighted by Gasteiger charge is 2.27. The van der Waals surface area contributed by atoms with E-state index in [9.17, 15) is 4.79 Å². The molecular formula is C13H15N3O2. The lowest BCUT2D eigenvalue weighted by molar-refractivity contribution is -0.139. The van der Waals surface area contributed by atoms with Gasteiger partial charge in [-0.05, 0) is 12.0 Å². The molecule has 0 saturated heterocycles. The highest BCUT2D eigenvalue weighted by molar-refractivity contribution is 5.74. The number of carbonyl (C=O) groups is 1. The first-order chi connectivity index (χ1) is 8.68. The van der Waals surface area contributed by atoms with Crippen LogP contribution in [0.3, 0.4) is 0 Å². The van der Waals surface area contributed by atoms with Crippen molar-refractivity contribution in [2.75, 3.05) is 0 Å². The van der Waals surface area contributed by atoms with Gasteiger partial charge in [-0.2, -0.15) is 0 Å². The SMILES string of the molecule is N[C@H](C(=O)O)C(Cc1ccccc1)c1cnc[nH]1. The molecule has 0 radical (unpaired) electrons. The highest BCUT2D eigenvalue weighted by atomic mass is 16.4. The third-order valence-electron chi connectivity index (χ3n) is 2.94. The Labute approximate surface area is 105 Å². The van der Waals surface area contributed by atoms with E-state index in [0.29, 0.717) is 6.42 Å². The molecule has 5 nitrogen and oxygen atoms in total. The summed E-state index contributed by atoms with van der Waals surface area (Å²) in [4.78, 5) is 17.9. The Morgan fingerprint density at radius 2 is 2.11 bits per heavy atom. The first-order valence-corrected chi connectivity index (χ1v) is 5.69. The van der Waals surface area contributed by atoms with Gasteiger partial charge in [-0.3, -0.25) is 4.79 Å². The number of aromatic nitrogens is 2. The number of benzene rings is 1. The van der Waals surface area contributed by atoms with Crippen molar-refractivity contribution >= 4 is 5.97 Å². The zero-order valence-corrected chi connectivity index (χ0v) is 9.78. The summed E-state index contributed by atoms with van der Waals surface area (Å²) < 4.78 is 0. The van der Waals surface area contributed by atoms with E-state index in [1.54, 1.807) is 6.20 Å². The van der Waals surface area contributed by atoms with E-state index < -0.39 is 12.0 Å². The maximum atomic E-state index is 11.1. The van der Waals surface area contributed by atoms with Crippen LogP contribution in [0.15, 0.2) is 42.9 Å². The topological polar surface area (TPSA) is 92.0 Å². The number of nitrogens with zero attached hydrogens (tertiary/aromatic N) is 1. The fourth-order valence-electron chi connectivity index (χ4n) is 1.94. The largest absolute Gasteiger partial charge is 0.480 e. The van der Waals surface area contributed by atoms with Gasteiger partial charge >= 0.3 is 5.97 Å². The number of aliphatic carboxylic acids is 1. The number of nitrogens with two attached hydrogens (primary N) is 1. The van der Waals surface area contributed by atoms with Gasteiger partial charge in [0.15, 0.2) is 0 Å². The van der Waals surface area contributed by atoms with E-state index in [1.807, 2.05) is 30.3 Å². The van der Waals surface area contributed by atoms with E-state index in [-0.39, 0.29) is 5.92 Å². The minimum Gasteiger partial charge on any atom is -0.480 e. The van der Waals surface area contributed by atoms with Gasteiger partial charge in [-0.1, -0.05) is 30.3 Å². The molecular weight excluding hydrogens is 230 g/mol. The zero-order valence-electron chi connectivity index (χ0n) is 9.78. The van der Waals surface area contributed by atoms with Crippen molar-refractivity contribution in [1.82, 2.24) is 9.97 Å². The number of rotatable bonds is 5. The molecule has 0 saturated carbocycles. The lowest BCUT2D eigenvalue weighted by Gasteiger charge is -2.19. The molecule has 0 fully saturated rings. The summed E-state index contributed by atoms with van der Waals surface area (Å²) in [7, 11) is 0. The van der Waals surface area contributed by atoms with Crippen LogP contribution in [0.25, 0.3) is 0 Å². The monoisotopic (exact) mass is 245 g/mol. The first kappa shape index (κ1) is 12.3. The number of hydrogen-bond donors (Lipinski definition) is 3. The summed E-state index contributed by atoms with van der Waals surface area (Å²) in [6, 6.07) is 8.73. The van der Waals surface area contributed by atoms with Crippen LogP contribution in [0.4, 0.5) is 0 Å². The third-order valence-corrected chi connectivity index (χ3v) is 2.94. The fourth-order valence-corrected chi connectivity index (χ4v) is 1.94. The van der Waals surface area contributed by atoms with Crippen molar-refractivity contribution in [3.8, 4) is 0 Å². The standard InChI is InChI=1S/C13H15N3O2/c14-12(13(17)18)10(11-7-15-8-16-11)6-9-4-2-1-3-5-9/h1-5,7-8,10,12H,6,14H2,(H,15,16)(H,17,18)/t10?,12-/m0/s1. The number of imidazole rings is 1. The first-order valence-electron chi connectivity index (χ1n) is 5.69. The van der Waals surface area contributed by atoms with Gasteiger partial charge < -0.3 is 15.8 Å². The van der Waals surface area contributed by atoms with Crippen LogP contribution in [0.5, 0.6) is 0 Å². The second kappa shape index (κ2) is 5.46. The molecule has 0 spiro atoms. The van der Waals surface area contributed by atoms with E-state index in [2.05, 4.69) is 9.97 Å². The molecule has 18 heavy (non-hydrogen) atoms. The van der Waals surface area contributed by atoms with E-state index in [1.165, 1.54) is 6.33 Å². The predicted octanol–water partition coefficient (Wildman–Crippen LogP) is 1.15. The molecule has 1 aromatic carbocycles. The molecule has 0 aliphatic carbocycles. The normalized spacial score (nSPS) is 14.1. The smallest absolute Gasteiger partial charge is 0.321 e. The Bertz CT molecular complexity index is 496. The van der Waals surface area contributed by atoms with Gasteiger partial charge in [-0.25, -0.2) is 4.98 Å². The van der Waals surface area contributed by atoms with E-state index in [4.69, 9.17) is 10.8 Å². The Balaban J connectivity index is 2.23. The van der Waals surface area contributed by atoms with E-state index >= 15 is 0 Å². The van der Waals surface area contributed by atoms with Crippen molar-refractivity contribution < 1.29 is 9.90 Å². The Morgan fingerprint density at radius 1 is 1.39 bits per heavy atom. The molecule has 1 heterocycles. The van der Waals surface area contributed by atoms with Crippen LogP contribution in [0.1, 0.15) is 17.2 Å². The summed E-state index contributed by atoms with van der Waals surface area (Å²) >= 11 is 0. The second-order valence-corrected chi connectivity index (χ2v) is 4.17. The lowest BCUT2D eigenvalue weighted by atomic mass is 9.90. The molecule has 0 aliphatic heterocycles. The number of aromatic amines is 1. The number of nitrogens with one attached hydrogen (secondary N) is 1. The van der Waals surface area contributed by atoms with Crippen molar-refractivity contribution in [1.29, 1.82) is 0 Å². The van der Waals surface area contributed by atoms with Gasteiger partial charge in [0.05, 0.1) is 6.33 Å². The highest BCUT2D eigenvalue weighted by Crippen LogP contribution is 2.21. The molecule has 1 aromatic heterocycles. The number of carboxylic acid groups (broad SMARTS) is 1. The molecule has 0 amide bonds. The van der Waals surface area contributed by atoms with Crippen LogP contribution in [0, 0.1) is 0 Å². The summed E-state index contributed by atoms with van der Waals surface area (Å²) in [5.41, 5.74) is 7.55. The average Bonchev–Trinajstić information content (AvgIpc) is 2.90. The van der Waals surface area contributed by atoms with Crippen molar-refractivity contribution in [3.05, 3.63) is 54.1 Å². The Hall–Kier alpha value is -2.14. The lowest BCUT2D eigenvalue weighted by Crippen LogP contribution is -2.37. The number of hydrogen-bond acceptors (Lipinski definition) is 3. The third kappa shape index (κ3) is 2.75. The fraction of sp³-hybridized carbons (Fsp3) is 0.231. The number of carboxylic acids is 1. The van der Waals surface area contributed by atoms with Gasteiger partial charge in [0, 0.05) is 17.8 Å². The molecule has 5 heteroatoms. The summed E-state index contributed by atoms with van der Waals surface area (Å²) in [5.74, 6) is -1.32. The van der Waals surface area contributed by atoms with Gasteiger partial charge in [-0.15, -0.1) is 0 Å². The van der Waals surface area contributed by atoms with Crippen molar-refractivity contribution in [2.24, 2.45) is 5.73 Å². The molecule has 2 rings (SSSR count). The average molecular weight is 245 g/mol. The Kier molecular flexibility index (Phi) is 3.74. The predicted molar refractivity (Wildman–Crippen MR) is 67.1 cm³/mol. The molecule has 2 atom stereocenters. The van der Waals surface area contributed by atoms with Crippen LogP contribution in [-0.4, -0.2) is 27.1 Å². The summed E-state index contributed by atoms with van der Waals surface area (Å²) in [6.07, 6.45) is 3.72. The quantitative estimate of drug-likeness (QED) is 0.736. The summed E-state index contributed by atoms with van der Waals surface area (Å²) in [5, 5.41) is 9.07. The van der Waals surface area contributed by atoms with Gasteiger partial charge in [0.1, 0.15) is 6.04 Å². The van der Waals surface area contributed by atoms with Gasteiger partial charge in [0.2, 0.25) is 0 Å². The summed E-state index contributed by atoms with van der Waals surface area (Å²) in [6.45, 7) is 0. The van der Waals surface area contributed by atoms with Gasteiger partial charge in [0.25, 0.3) is 0 Å². The second-order valence-electron chi connectivity index (χ2n) is 4.17. The van der Waals surface area contributed by atoms with Crippen LogP contribution in [-0.2, 0) is 11.2 Å².